The largest absolute Gasteiger partial charge is 0.336 e. The minimum atomic E-state index is -0.100. The highest BCUT2D eigenvalue weighted by Crippen LogP contribution is 2.18. The minimum absolute atomic E-state index is 0.0228. The van der Waals surface area contributed by atoms with Gasteiger partial charge in [-0.25, -0.2) is 4.79 Å². The standard InChI is InChI=1S/C15H24N2O/c1-6-12(4)16-15(18)17-13(5)14-8-7-10(2)9-11(14)3/h7-9,12-13H,6H2,1-5H3,(H2,16,17,18). The third-order valence-electron chi connectivity index (χ3n) is 3.23. The molecule has 2 N–H and O–H groups in total. The van der Waals surface area contributed by atoms with Crippen LogP contribution in [0.2, 0.25) is 0 Å². The van der Waals surface area contributed by atoms with Crippen LogP contribution in [0.25, 0.3) is 0 Å². The van der Waals surface area contributed by atoms with E-state index in [0.717, 1.165) is 6.42 Å². The lowest BCUT2D eigenvalue weighted by Gasteiger charge is -2.19. The molecule has 0 aromatic heterocycles. The molecule has 1 aromatic rings. The van der Waals surface area contributed by atoms with Gasteiger partial charge in [-0.2, -0.15) is 0 Å². The van der Waals surface area contributed by atoms with Crippen molar-refractivity contribution in [1.29, 1.82) is 0 Å². The molecule has 3 heteroatoms. The Hall–Kier alpha value is -1.51. The second-order valence-corrected chi connectivity index (χ2v) is 5.01. The first-order valence-corrected chi connectivity index (χ1v) is 6.58. The molecule has 0 saturated carbocycles. The lowest BCUT2D eigenvalue weighted by molar-refractivity contribution is 0.234. The predicted octanol–water partition coefficient (Wildman–Crippen LogP) is 3.46. The fourth-order valence-electron chi connectivity index (χ4n) is 1.95. The first-order chi connectivity index (χ1) is 8.43. The zero-order chi connectivity index (χ0) is 13.7. The van der Waals surface area contributed by atoms with E-state index in [2.05, 4.69) is 49.6 Å². The zero-order valence-electron chi connectivity index (χ0n) is 12.0. The molecule has 1 aromatic carbocycles. The van der Waals surface area contributed by atoms with Crippen molar-refractivity contribution < 1.29 is 4.79 Å². The first kappa shape index (κ1) is 14.6. The summed E-state index contributed by atoms with van der Waals surface area (Å²) in [5, 5.41) is 5.88. The SMILES string of the molecule is CCC(C)NC(=O)NC(C)c1ccc(C)cc1C. The van der Waals surface area contributed by atoms with Crippen LogP contribution in [0.15, 0.2) is 18.2 Å². The normalized spacial score (nSPS) is 13.8. The maximum atomic E-state index is 11.8. The number of carbonyl (C=O) groups excluding carboxylic acids is 1. The van der Waals surface area contributed by atoms with Crippen LogP contribution in [-0.4, -0.2) is 12.1 Å². The van der Waals surface area contributed by atoms with E-state index in [4.69, 9.17) is 0 Å². The monoisotopic (exact) mass is 248 g/mol. The summed E-state index contributed by atoms with van der Waals surface area (Å²) in [6.07, 6.45) is 0.936. The topological polar surface area (TPSA) is 41.1 Å². The Morgan fingerprint density at radius 3 is 2.44 bits per heavy atom. The van der Waals surface area contributed by atoms with Crippen LogP contribution >= 0.6 is 0 Å². The Morgan fingerprint density at radius 1 is 1.22 bits per heavy atom. The summed E-state index contributed by atoms with van der Waals surface area (Å²) in [6, 6.07) is 6.43. The molecule has 0 spiro atoms. The Kier molecular flexibility index (Phi) is 5.20. The summed E-state index contributed by atoms with van der Waals surface area (Å²) >= 11 is 0. The van der Waals surface area contributed by atoms with Gasteiger partial charge < -0.3 is 10.6 Å². The van der Waals surface area contributed by atoms with Gasteiger partial charge in [0.05, 0.1) is 6.04 Å². The van der Waals surface area contributed by atoms with Crippen LogP contribution in [-0.2, 0) is 0 Å². The molecule has 0 heterocycles. The summed E-state index contributed by atoms with van der Waals surface area (Å²) in [4.78, 5) is 11.8. The number of aryl methyl sites for hydroxylation is 2. The van der Waals surface area contributed by atoms with E-state index in [1.54, 1.807) is 0 Å². The molecule has 18 heavy (non-hydrogen) atoms. The molecule has 1 rings (SSSR count). The van der Waals surface area contributed by atoms with E-state index in [-0.39, 0.29) is 18.1 Å². The second kappa shape index (κ2) is 6.43. The van der Waals surface area contributed by atoms with Gasteiger partial charge in [-0.05, 0) is 45.2 Å². The number of nitrogens with one attached hydrogen (secondary N) is 2. The van der Waals surface area contributed by atoms with Crippen molar-refractivity contribution in [2.75, 3.05) is 0 Å². The van der Waals surface area contributed by atoms with Crippen LogP contribution < -0.4 is 10.6 Å². The Bertz CT molecular complexity index is 415. The summed E-state index contributed by atoms with van der Waals surface area (Å²) in [5.41, 5.74) is 3.62. The maximum absolute atomic E-state index is 11.8. The predicted molar refractivity (Wildman–Crippen MR) is 75.8 cm³/mol. The van der Waals surface area contributed by atoms with Gasteiger partial charge in [0, 0.05) is 6.04 Å². The molecule has 2 atom stereocenters. The third kappa shape index (κ3) is 4.06. The number of rotatable bonds is 4. The minimum Gasteiger partial charge on any atom is -0.336 e. The molecule has 0 bridgehead atoms. The highest BCUT2D eigenvalue weighted by molar-refractivity contribution is 5.74. The number of benzene rings is 1. The first-order valence-electron chi connectivity index (χ1n) is 6.58. The van der Waals surface area contributed by atoms with Gasteiger partial charge in [0.2, 0.25) is 0 Å². The smallest absolute Gasteiger partial charge is 0.315 e. The van der Waals surface area contributed by atoms with Crippen LogP contribution in [0.4, 0.5) is 4.79 Å². The average molecular weight is 248 g/mol. The Morgan fingerprint density at radius 2 is 1.89 bits per heavy atom. The van der Waals surface area contributed by atoms with E-state index >= 15 is 0 Å². The van der Waals surface area contributed by atoms with Crippen LogP contribution in [0.1, 0.15) is 49.9 Å². The molecule has 100 valence electrons. The van der Waals surface area contributed by atoms with Gasteiger partial charge in [-0.3, -0.25) is 0 Å². The fraction of sp³-hybridized carbons (Fsp3) is 0.533. The number of carbonyl (C=O) groups is 1. The highest BCUT2D eigenvalue weighted by atomic mass is 16.2. The van der Waals surface area contributed by atoms with E-state index in [1.807, 2.05) is 13.8 Å². The molecule has 3 nitrogen and oxygen atoms in total. The van der Waals surface area contributed by atoms with Crippen LogP contribution in [0, 0.1) is 13.8 Å². The van der Waals surface area contributed by atoms with Crippen molar-refractivity contribution >= 4 is 6.03 Å². The molecule has 2 amide bonds. The summed E-state index contributed by atoms with van der Waals surface area (Å²) in [7, 11) is 0. The molecule has 0 saturated heterocycles. The lowest BCUT2D eigenvalue weighted by Crippen LogP contribution is -2.41. The summed E-state index contributed by atoms with van der Waals surface area (Å²) in [5.74, 6) is 0. The third-order valence-corrected chi connectivity index (χ3v) is 3.23. The van der Waals surface area contributed by atoms with Crippen LogP contribution in [0.3, 0.4) is 0 Å². The quantitative estimate of drug-likeness (QED) is 0.841. The molecule has 0 aliphatic rings. The van der Waals surface area contributed by atoms with Crippen molar-refractivity contribution in [2.24, 2.45) is 0 Å². The fourth-order valence-corrected chi connectivity index (χ4v) is 1.95. The molecular formula is C15H24N2O. The van der Waals surface area contributed by atoms with E-state index in [1.165, 1.54) is 16.7 Å². The second-order valence-electron chi connectivity index (χ2n) is 5.01. The zero-order valence-corrected chi connectivity index (χ0v) is 12.0. The van der Waals surface area contributed by atoms with Crippen molar-refractivity contribution in [3.05, 3.63) is 34.9 Å². The number of hydrogen-bond acceptors (Lipinski definition) is 1. The average Bonchev–Trinajstić information content (AvgIpc) is 2.28. The van der Waals surface area contributed by atoms with Gasteiger partial charge in [-0.1, -0.05) is 30.7 Å². The van der Waals surface area contributed by atoms with Gasteiger partial charge in [-0.15, -0.1) is 0 Å². The molecule has 0 radical (unpaired) electrons. The maximum Gasteiger partial charge on any atom is 0.315 e. The summed E-state index contributed by atoms with van der Waals surface area (Å²) in [6.45, 7) is 10.2. The molecule has 0 aliphatic heterocycles. The molecule has 2 unspecified atom stereocenters. The molecular weight excluding hydrogens is 224 g/mol. The Balaban J connectivity index is 2.64. The van der Waals surface area contributed by atoms with Gasteiger partial charge in [0.1, 0.15) is 0 Å². The number of urea groups is 1. The van der Waals surface area contributed by atoms with Crippen molar-refractivity contribution in [3.63, 3.8) is 0 Å². The number of amides is 2. The number of hydrogen-bond donors (Lipinski definition) is 2. The van der Waals surface area contributed by atoms with Crippen molar-refractivity contribution in [2.45, 2.75) is 53.1 Å². The molecule has 0 aliphatic carbocycles. The van der Waals surface area contributed by atoms with Crippen molar-refractivity contribution in [3.8, 4) is 0 Å². The van der Waals surface area contributed by atoms with Crippen LogP contribution in [0.5, 0.6) is 0 Å². The lowest BCUT2D eigenvalue weighted by atomic mass is 10.0. The van der Waals surface area contributed by atoms with E-state index in [9.17, 15) is 4.79 Å². The van der Waals surface area contributed by atoms with E-state index < -0.39 is 0 Å². The highest BCUT2D eigenvalue weighted by Gasteiger charge is 2.12. The van der Waals surface area contributed by atoms with Gasteiger partial charge in [0.15, 0.2) is 0 Å². The summed E-state index contributed by atoms with van der Waals surface area (Å²) < 4.78 is 0. The van der Waals surface area contributed by atoms with E-state index in [0.29, 0.717) is 0 Å². The molecule has 0 fully saturated rings. The van der Waals surface area contributed by atoms with Crippen molar-refractivity contribution in [1.82, 2.24) is 10.6 Å². The van der Waals surface area contributed by atoms with Gasteiger partial charge >= 0.3 is 6.03 Å². The van der Waals surface area contributed by atoms with Gasteiger partial charge in [0.25, 0.3) is 0 Å². The Labute approximate surface area is 110 Å².